The molecule has 4 nitrogen and oxygen atoms in total. The lowest BCUT2D eigenvalue weighted by molar-refractivity contribution is 0.0956. The zero-order valence-electron chi connectivity index (χ0n) is 11.5. The number of aromatic nitrogens is 1. The number of hydrogen-bond acceptors (Lipinski definition) is 4. The van der Waals surface area contributed by atoms with Gasteiger partial charge in [-0.15, -0.1) is 0 Å². The van der Waals surface area contributed by atoms with Crippen molar-refractivity contribution < 1.29 is 0 Å². The summed E-state index contributed by atoms with van der Waals surface area (Å²) in [5.74, 6) is 0.616. The first kappa shape index (κ1) is 13.3. The quantitative estimate of drug-likeness (QED) is 0.878. The zero-order chi connectivity index (χ0) is 13.0. The van der Waals surface area contributed by atoms with Crippen LogP contribution in [-0.2, 0) is 6.54 Å². The van der Waals surface area contributed by atoms with E-state index in [2.05, 4.69) is 34.7 Å². The number of nitrogens with zero attached hydrogens (tertiary/aromatic N) is 3. The van der Waals surface area contributed by atoms with Gasteiger partial charge in [0.05, 0.1) is 5.69 Å². The molecule has 18 heavy (non-hydrogen) atoms. The molecule has 1 aromatic rings. The smallest absolute Gasteiger partial charge is 0.123 e. The minimum atomic E-state index is 0.616. The van der Waals surface area contributed by atoms with Crippen LogP contribution in [0.3, 0.4) is 0 Å². The van der Waals surface area contributed by atoms with Crippen LogP contribution in [0.1, 0.15) is 26.0 Å². The van der Waals surface area contributed by atoms with Crippen LogP contribution in [0.5, 0.6) is 0 Å². The molecule has 2 heterocycles. The molecule has 0 bridgehead atoms. The van der Waals surface area contributed by atoms with Gasteiger partial charge in [-0.3, -0.25) is 9.80 Å². The molecule has 1 aliphatic rings. The molecule has 0 amide bonds. The van der Waals surface area contributed by atoms with Gasteiger partial charge < -0.3 is 5.73 Å². The second kappa shape index (κ2) is 6.16. The van der Waals surface area contributed by atoms with E-state index in [-0.39, 0.29) is 0 Å². The average molecular weight is 248 g/mol. The summed E-state index contributed by atoms with van der Waals surface area (Å²) in [6.45, 7) is 10.1. The van der Waals surface area contributed by atoms with Crippen LogP contribution < -0.4 is 5.73 Å². The van der Waals surface area contributed by atoms with Crippen molar-refractivity contribution in [2.75, 3.05) is 31.9 Å². The molecule has 0 saturated carbocycles. The lowest BCUT2D eigenvalue weighted by atomic mass is 10.2. The zero-order valence-corrected chi connectivity index (χ0v) is 11.5. The largest absolute Gasteiger partial charge is 0.384 e. The third-order valence-corrected chi connectivity index (χ3v) is 3.83. The maximum Gasteiger partial charge on any atom is 0.123 e. The molecular weight excluding hydrogens is 224 g/mol. The third kappa shape index (κ3) is 3.43. The Balaban J connectivity index is 1.83. The summed E-state index contributed by atoms with van der Waals surface area (Å²) in [6, 6.07) is 6.58. The maximum atomic E-state index is 5.71. The summed E-state index contributed by atoms with van der Waals surface area (Å²) in [6.07, 6.45) is 1.23. The Hall–Kier alpha value is -1.13. The summed E-state index contributed by atoms with van der Waals surface area (Å²) in [7, 11) is 0. The van der Waals surface area contributed by atoms with Crippen molar-refractivity contribution in [1.82, 2.24) is 14.8 Å². The van der Waals surface area contributed by atoms with Crippen LogP contribution in [0.2, 0.25) is 0 Å². The lowest BCUT2D eigenvalue weighted by Crippen LogP contribution is -2.49. The van der Waals surface area contributed by atoms with Gasteiger partial charge in [0.1, 0.15) is 5.82 Å². The number of nitrogen functional groups attached to an aromatic ring is 1. The van der Waals surface area contributed by atoms with Gasteiger partial charge in [-0.25, -0.2) is 4.98 Å². The van der Waals surface area contributed by atoms with Crippen LogP contribution in [0, 0.1) is 0 Å². The van der Waals surface area contributed by atoms with E-state index in [1.54, 1.807) is 0 Å². The van der Waals surface area contributed by atoms with Crippen molar-refractivity contribution in [3.63, 3.8) is 0 Å². The molecule has 1 atom stereocenters. The molecule has 2 rings (SSSR count). The fourth-order valence-electron chi connectivity index (χ4n) is 2.44. The van der Waals surface area contributed by atoms with Crippen molar-refractivity contribution in [3.8, 4) is 0 Å². The van der Waals surface area contributed by atoms with E-state index in [1.165, 1.54) is 6.42 Å². The third-order valence-electron chi connectivity index (χ3n) is 3.83. The Labute approximate surface area is 110 Å². The van der Waals surface area contributed by atoms with Crippen LogP contribution in [0.15, 0.2) is 18.2 Å². The highest BCUT2D eigenvalue weighted by Crippen LogP contribution is 2.11. The highest BCUT2D eigenvalue weighted by Gasteiger charge is 2.20. The fourth-order valence-corrected chi connectivity index (χ4v) is 2.44. The fraction of sp³-hybridized carbons (Fsp3) is 0.643. The molecule has 0 aliphatic carbocycles. The molecule has 100 valence electrons. The summed E-state index contributed by atoms with van der Waals surface area (Å²) < 4.78 is 0. The normalized spacial score (nSPS) is 19.9. The van der Waals surface area contributed by atoms with E-state index in [0.29, 0.717) is 11.9 Å². The van der Waals surface area contributed by atoms with Crippen molar-refractivity contribution in [3.05, 3.63) is 23.9 Å². The lowest BCUT2D eigenvalue weighted by Gasteiger charge is -2.37. The molecule has 0 spiro atoms. The van der Waals surface area contributed by atoms with Crippen molar-refractivity contribution in [1.29, 1.82) is 0 Å². The van der Waals surface area contributed by atoms with E-state index < -0.39 is 0 Å². The van der Waals surface area contributed by atoms with Crippen LogP contribution in [-0.4, -0.2) is 47.0 Å². The van der Waals surface area contributed by atoms with Crippen LogP contribution in [0.4, 0.5) is 5.82 Å². The van der Waals surface area contributed by atoms with Gasteiger partial charge in [0.2, 0.25) is 0 Å². The maximum absolute atomic E-state index is 5.71. The SMILES string of the molecule is CCC(C)N1CCN(Cc2cccc(N)n2)CC1. The first-order chi connectivity index (χ1) is 8.69. The Kier molecular flexibility index (Phi) is 4.55. The first-order valence-electron chi connectivity index (χ1n) is 6.87. The highest BCUT2D eigenvalue weighted by molar-refractivity contribution is 5.28. The number of hydrogen-bond donors (Lipinski definition) is 1. The van der Waals surface area contributed by atoms with Crippen molar-refractivity contribution in [2.24, 2.45) is 0 Å². The number of rotatable bonds is 4. The highest BCUT2D eigenvalue weighted by atomic mass is 15.3. The second-order valence-corrected chi connectivity index (χ2v) is 5.12. The molecule has 1 aromatic heterocycles. The Bertz CT molecular complexity index is 372. The van der Waals surface area contributed by atoms with Crippen LogP contribution >= 0.6 is 0 Å². The van der Waals surface area contributed by atoms with Gasteiger partial charge >= 0.3 is 0 Å². The number of nitrogens with two attached hydrogens (primary N) is 1. The molecule has 2 N–H and O–H groups in total. The molecular formula is C14H24N4. The molecule has 1 saturated heterocycles. The van der Waals surface area contributed by atoms with Gasteiger partial charge in [0.15, 0.2) is 0 Å². The Morgan fingerprint density at radius 3 is 2.61 bits per heavy atom. The second-order valence-electron chi connectivity index (χ2n) is 5.12. The average Bonchev–Trinajstić information content (AvgIpc) is 2.39. The summed E-state index contributed by atoms with van der Waals surface area (Å²) in [5.41, 5.74) is 6.78. The molecule has 1 unspecified atom stereocenters. The van der Waals surface area contributed by atoms with Crippen molar-refractivity contribution >= 4 is 5.82 Å². The standard InChI is InChI=1S/C14H24N4/c1-3-12(2)18-9-7-17(8-10-18)11-13-5-4-6-14(15)16-13/h4-6,12H,3,7-11H2,1-2H3,(H2,15,16). The molecule has 1 fully saturated rings. The van der Waals surface area contributed by atoms with Crippen molar-refractivity contribution in [2.45, 2.75) is 32.9 Å². The van der Waals surface area contributed by atoms with Gasteiger partial charge in [-0.1, -0.05) is 13.0 Å². The Morgan fingerprint density at radius 1 is 1.28 bits per heavy atom. The predicted molar refractivity (Wildman–Crippen MR) is 75.3 cm³/mol. The summed E-state index contributed by atoms with van der Waals surface area (Å²) in [4.78, 5) is 9.39. The van der Waals surface area contributed by atoms with E-state index in [9.17, 15) is 0 Å². The molecule has 0 aromatic carbocycles. The van der Waals surface area contributed by atoms with E-state index >= 15 is 0 Å². The van der Waals surface area contributed by atoms with Crippen LogP contribution in [0.25, 0.3) is 0 Å². The molecule has 0 radical (unpaired) electrons. The van der Waals surface area contributed by atoms with Gasteiger partial charge in [0.25, 0.3) is 0 Å². The Morgan fingerprint density at radius 2 is 2.00 bits per heavy atom. The van der Waals surface area contributed by atoms with E-state index in [4.69, 9.17) is 5.73 Å². The number of piperazine rings is 1. The van der Waals surface area contributed by atoms with Gasteiger partial charge in [-0.05, 0) is 25.5 Å². The number of pyridine rings is 1. The topological polar surface area (TPSA) is 45.4 Å². The minimum absolute atomic E-state index is 0.616. The van der Waals surface area contributed by atoms with E-state index in [1.807, 2.05) is 12.1 Å². The number of anilines is 1. The summed E-state index contributed by atoms with van der Waals surface area (Å²) >= 11 is 0. The first-order valence-corrected chi connectivity index (χ1v) is 6.87. The van der Waals surface area contributed by atoms with E-state index in [0.717, 1.165) is 38.4 Å². The van der Waals surface area contributed by atoms with Gasteiger partial charge in [-0.2, -0.15) is 0 Å². The monoisotopic (exact) mass is 248 g/mol. The summed E-state index contributed by atoms with van der Waals surface area (Å²) in [5, 5.41) is 0. The minimum Gasteiger partial charge on any atom is -0.384 e. The van der Waals surface area contributed by atoms with Gasteiger partial charge in [0, 0.05) is 38.8 Å². The molecule has 1 aliphatic heterocycles. The molecule has 4 heteroatoms. The predicted octanol–water partition coefficient (Wildman–Crippen LogP) is 1.58.